The molecule has 0 heterocycles. The summed E-state index contributed by atoms with van der Waals surface area (Å²) in [6.45, 7) is 6.23. The highest BCUT2D eigenvalue weighted by molar-refractivity contribution is 6.31. The Morgan fingerprint density at radius 3 is 2.57 bits per heavy atom. The van der Waals surface area contributed by atoms with Gasteiger partial charge in [0.1, 0.15) is 0 Å². The van der Waals surface area contributed by atoms with Crippen LogP contribution in [0, 0.1) is 20.8 Å². The summed E-state index contributed by atoms with van der Waals surface area (Å²) in [5.74, 6) is -0.101. The van der Waals surface area contributed by atoms with Gasteiger partial charge in [-0.05, 0) is 55.7 Å². The Hall–Kier alpha value is -2.00. The van der Waals surface area contributed by atoms with Crippen LogP contribution >= 0.6 is 11.6 Å². The van der Waals surface area contributed by atoms with Crippen molar-refractivity contribution < 1.29 is 4.79 Å². The van der Waals surface area contributed by atoms with Crippen molar-refractivity contribution in [1.82, 2.24) is 0 Å². The average Bonchev–Trinajstić information content (AvgIpc) is 2.44. The van der Waals surface area contributed by atoms with Crippen LogP contribution in [-0.4, -0.2) is 12.5 Å². The quantitative estimate of drug-likeness (QED) is 0.883. The summed E-state index contributed by atoms with van der Waals surface area (Å²) in [5, 5.41) is 6.63. The topological polar surface area (TPSA) is 41.1 Å². The van der Waals surface area contributed by atoms with E-state index < -0.39 is 0 Å². The Morgan fingerprint density at radius 1 is 1.10 bits per heavy atom. The molecule has 21 heavy (non-hydrogen) atoms. The maximum absolute atomic E-state index is 12.0. The van der Waals surface area contributed by atoms with Crippen molar-refractivity contribution in [3.63, 3.8) is 0 Å². The summed E-state index contributed by atoms with van der Waals surface area (Å²) in [4.78, 5) is 12.0. The van der Waals surface area contributed by atoms with Crippen molar-refractivity contribution in [3.8, 4) is 0 Å². The van der Waals surface area contributed by atoms with E-state index in [4.69, 9.17) is 11.6 Å². The van der Waals surface area contributed by atoms with Gasteiger partial charge in [-0.2, -0.15) is 0 Å². The SMILES string of the molecule is Cc1ccc(NC(=O)CNc2cccc(C)c2C)cc1Cl. The molecule has 0 aromatic heterocycles. The molecule has 3 nitrogen and oxygen atoms in total. The van der Waals surface area contributed by atoms with E-state index in [9.17, 15) is 4.79 Å². The molecule has 0 aliphatic heterocycles. The van der Waals surface area contributed by atoms with Crippen LogP contribution in [0.15, 0.2) is 36.4 Å². The van der Waals surface area contributed by atoms with Crippen LogP contribution in [0.1, 0.15) is 16.7 Å². The van der Waals surface area contributed by atoms with Crippen LogP contribution in [0.3, 0.4) is 0 Å². The third-order valence-electron chi connectivity index (χ3n) is 3.50. The van der Waals surface area contributed by atoms with E-state index in [1.165, 1.54) is 5.56 Å². The fourth-order valence-corrected chi connectivity index (χ4v) is 2.17. The van der Waals surface area contributed by atoms with Gasteiger partial charge in [0.15, 0.2) is 0 Å². The van der Waals surface area contributed by atoms with Gasteiger partial charge in [0.05, 0.1) is 6.54 Å². The van der Waals surface area contributed by atoms with Gasteiger partial charge in [0.25, 0.3) is 0 Å². The van der Waals surface area contributed by atoms with Crippen LogP contribution < -0.4 is 10.6 Å². The summed E-state index contributed by atoms with van der Waals surface area (Å²) in [5.41, 5.74) is 5.03. The standard InChI is InChI=1S/C17H19ClN2O/c1-11-5-4-6-16(13(11)3)19-10-17(21)20-14-8-7-12(2)15(18)9-14/h4-9,19H,10H2,1-3H3,(H,20,21). The maximum atomic E-state index is 12.0. The molecule has 0 saturated carbocycles. The molecule has 1 amide bonds. The number of amides is 1. The molecular formula is C17H19ClN2O. The van der Waals surface area contributed by atoms with Crippen molar-refractivity contribution in [2.45, 2.75) is 20.8 Å². The Balaban J connectivity index is 1.96. The molecule has 0 spiro atoms. The molecule has 2 rings (SSSR count). The lowest BCUT2D eigenvalue weighted by Gasteiger charge is -2.12. The predicted octanol–water partition coefficient (Wildman–Crippen LogP) is 4.32. The first-order valence-corrected chi connectivity index (χ1v) is 7.21. The number of hydrogen-bond donors (Lipinski definition) is 2. The van der Waals surface area contributed by atoms with Crippen LogP contribution in [0.25, 0.3) is 0 Å². The van der Waals surface area contributed by atoms with Gasteiger partial charge in [0, 0.05) is 16.4 Å². The monoisotopic (exact) mass is 302 g/mol. The highest BCUT2D eigenvalue weighted by atomic mass is 35.5. The van der Waals surface area contributed by atoms with Crippen LogP contribution in [0.4, 0.5) is 11.4 Å². The highest BCUT2D eigenvalue weighted by Gasteiger charge is 2.05. The number of carbonyl (C=O) groups excluding carboxylic acids is 1. The molecule has 0 saturated heterocycles. The number of aryl methyl sites for hydroxylation is 2. The van der Waals surface area contributed by atoms with Gasteiger partial charge in [0.2, 0.25) is 5.91 Å². The Labute approximate surface area is 130 Å². The minimum absolute atomic E-state index is 0.101. The first kappa shape index (κ1) is 15.4. The Morgan fingerprint density at radius 2 is 1.86 bits per heavy atom. The zero-order valence-electron chi connectivity index (χ0n) is 12.5. The summed E-state index contributed by atoms with van der Waals surface area (Å²) < 4.78 is 0. The lowest BCUT2D eigenvalue weighted by molar-refractivity contribution is -0.114. The molecule has 0 bridgehead atoms. The summed E-state index contributed by atoms with van der Waals surface area (Å²) in [7, 11) is 0. The second kappa shape index (κ2) is 6.64. The highest BCUT2D eigenvalue weighted by Crippen LogP contribution is 2.20. The molecule has 2 aromatic carbocycles. The van der Waals surface area contributed by atoms with Crippen molar-refractivity contribution in [3.05, 3.63) is 58.1 Å². The lowest BCUT2D eigenvalue weighted by Crippen LogP contribution is -2.22. The van der Waals surface area contributed by atoms with Gasteiger partial charge in [-0.25, -0.2) is 0 Å². The largest absolute Gasteiger partial charge is 0.376 e. The number of rotatable bonds is 4. The van der Waals surface area contributed by atoms with Gasteiger partial charge < -0.3 is 10.6 Å². The summed E-state index contributed by atoms with van der Waals surface area (Å²) >= 11 is 6.04. The van der Waals surface area contributed by atoms with E-state index in [-0.39, 0.29) is 12.5 Å². The fraction of sp³-hybridized carbons (Fsp3) is 0.235. The second-order valence-corrected chi connectivity index (χ2v) is 5.52. The number of anilines is 2. The average molecular weight is 303 g/mol. The minimum atomic E-state index is -0.101. The van der Waals surface area contributed by atoms with Crippen molar-refractivity contribution in [2.24, 2.45) is 0 Å². The van der Waals surface area contributed by atoms with Gasteiger partial charge >= 0.3 is 0 Å². The third kappa shape index (κ3) is 3.99. The lowest BCUT2D eigenvalue weighted by atomic mass is 10.1. The number of carbonyl (C=O) groups is 1. The van der Waals surface area contributed by atoms with E-state index >= 15 is 0 Å². The number of hydrogen-bond acceptors (Lipinski definition) is 2. The molecular weight excluding hydrogens is 284 g/mol. The second-order valence-electron chi connectivity index (χ2n) is 5.11. The van der Waals surface area contributed by atoms with Crippen molar-refractivity contribution in [2.75, 3.05) is 17.2 Å². The Kier molecular flexibility index (Phi) is 4.86. The zero-order chi connectivity index (χ0) is 15.4. The molecule has 0 unspecified atom stereocenters. The zero-order valence-corrected chi connectivity index (χ0v) is 13.2. The van der Waals surface area contributed by atoms with E-state index in [2.05, 4.69) is 23.6 Å². The number of benzene rings is 2. The third-order valence-corrected chi connectivity index (χ3v) is 3.91. The minimum Gasteiger partial charge on any atom is -0.376 e. The molecule has 4 heteroatoms. The molecule has 0 aliphatic carbocycles. The summed E-state index contributed by atoms with van der Waals surface area (Å²) in [6, 6.07) is 11.5. The number of nitrogens with one attached hydrogen (secondary N) is 2. The molecule has 110 valence electrons. The first-order valence-electron chi connectivity index (χ1n) is 6.83. The van der Waals surface area contributed by atoms with Gasteiger partial charge in [-0.3, -0.25) is 4.79 Å². The smallest absolute Gasteiger partial charge is 0.243 e. The van der Waals surface area contributed by atoms with E-state index in [0.29, 0.717) is 10.7 Å². The van der Waals surface area contributed by atoms with Crippen LogP contribution in [0.5, 0.6) is 0 Å². The fourth-order valence-electron chi connectivity index (χ4n) is 1.99. The summed E-state index contributed by atoms with van der Waals surface area (Å²) in [6.07, 6.45) is 0. The van der Waals surface area contributed by atoms with Crippen molar-refractivity contribution >= 4 is 28.9 Å². The van der Waals surface area contributed by atoms with E-state index in [1.54, 1.807) is 6.07 Å². The van der Waals surface area contributed by atoms with E-state index in [1.807, 2.05) is 38.1 Å². The first-order chi connectivity index (χ1) is 9.97. The molecule has 0 radical (unpaired) electrons. The number of halogens is 1. The molecule has 0 fully saturated rings. The molecule has 0 aliphatic rings. The van der Waals surface area contributed by atoms with E-state index in [0.717, 1.165) is 16.8 Å². The van der Waals surface area contributed by atoms with Crippen LogP contribution in [-0.2, 0) is 4.79 Å². The predicted molar refractivity (Wildman–Crippen MR) is 89.2 cm³/mol. The molecule has 2 aromatic rings. The maximum Gasteiger partial charge on any atom is 0.243 e. The van der Waals surface area contributed by atoms with Crippen molar-refractivity contribution in [1.29, 1.82) is 0 Å². The normalized spacial score (nSPS) is 10.3. The van der Waals surface area contributed by atoms with Gasteiger partial charge in [-0.1, -0.05) is 29.8 Å². The Bertz CT molecular complexity index is 668. The van der Waals surface area contributed by atoms with Crippen LogP contribution in [0.2, 0.25) is 5.02 Å². The molecule has 2 N–H and O–H groups in total. The van der Waals surface area contributed by atoms with Gasteiger partial charge in [-0.15, -0.1) is 0 Å². The molecule has 0 atom stereocenters.